The van der Waals surface area contributed by atoms with E-state index in [1.807, 2.05) is 24.3 Å². The van der Waals surface area contributed by atoms with Gasteiger partial charge in [0.05, 0.1) is 19.8 Å². The molecule has 1 atom stereocenters. The zero-order valence-corrected chi connectivity index (χ0v) is 11.7. The quantitative estimate of drug-likeness (QED) is 0.862. The van der Waals surface area contributed by atoms with Gasteiger partial charge in [0.25, 0.3) is 0 Å². The van der Waals surface area contributed by atoms with Crippen molar-refractivity contribution in [1.82, 2.24) is 4.90 Å². The lowest BCUT2D eigenvalue weighted by Crippen LogP contribution is -2.39. The molecular formula is C15H21NO4. The Bertz CT molecular complexity index is 449. The zero-order valence-electron chi connectivity index (χ0n) is 11.7. The van der Waals surface area contributed by atoms with Gasteiger partial charge in [-0.1, -0.05) is 12.1 Å². The summed E-state index contributed by atoms with van der Waals surface area (Å²) in [5, 5.41) is 8.67. The number of carbonyl (C=O) groups is 1. The summed E-state index contributed by atoms with van der Waals surface area (Å²) in [6, 6.07) is 7.90. The van der Waals surface area contributed by atoms with Crippen LogP contribution >= 0.6 is 0 Å². The Hall–Kier alpha value is -1.59. The molecule has 2 rings (SSSR count). The number of rotatable bonds is 6. The summed E-state index contributed by atoms with van der Waals surface area (Å²) in [4.78, 5) is 12.8. The molecule has 0 spiro atoms. The Morgan fingerprint density at radius 1 is 1.55 bits per heavy atom. The predicted molar refractivity (Wildman–Crippen MR) is 75.0 cm³/mol. The molecule has 1 N–H and O–H groups in total. The van der Waals surface area contributed by atoms with Crippen molar-refractivity contribution in [3.05, 3.63) is 29.8 Å². The number of methoxy groups -OCH3 is 1. The highest BCUT2D eigenvalue weighted by atomic mass is 16.5. The minimum atomic E-state index is -0.734. The van der Waals surface area contributed by atoms with Crippen LogP contribution in [-0.2, 0) is 9.53 Å². The highest BCUT2D eigenvalue weighted by Gasteiger charge is 2.22. The van der Waals surface area contributed by atoms with Crippen molar-refractivity contribution in [3.63, 3.8) is 0 Å². The average Bonchev–Trinajstić information content (AvgIpc) is 2.47. The number of hydrogen-bond donors (Lipinski definition) is 1. The number of hydrogen-bond acceptors (Lipinski definition) is 4. The third kappa shape index (κ3) is 4.21. The van der Waals surface area contributed by atoms with Crippen LogP contribution in [0.5, 0.6) is 5.75 Å². The van der Waals surface area contributed by atoms with Crippen molar-refractivity contribution in [2.75, 3.05) is 33.4 Å². The van der Waals surface area contributed by atoms with Crippen LogP contribution in [-0.4, -0.2) is 49.3 Å². The molecule has 20 heavy (non-hydrogen) atoms. The Morgan fingerprint density at radius 2 is 2.40 bits per heavy atom. The molecule has 1 aromatic rings. The fourth-order valence-corrected chi connectivity index (χ4v) is 2.40. The monoisotopic (exact) mass is 279 g/mol. The van der Waals surface area contributed by atoms with Crippen LogP contribution in [0.15, 0.2) is 24.3 Å². The topological polar surface area (TPSA) is 59.0 Å². The second kappa shape index (κ2) is 7.26. The number of ether oxygens (including phenoxy) is 2. The molecule has 1 aliphatic rings. The fourth-order valence-electron chi connectivity index (χ4n) is 2.40. The standard InChI is InChI=1S/C15H21NO4/c1-19-13-5-2-4-12(10-13)14-11-16(8-9-20-14)7-3-6-15(17)18/h2,4-5,10,14H,3,6-9,11H2,1H3,(H,17,18). The molecule has 5 nitrogen and oxygen atoms in total. The minimum Gasteiger partial charge on any atom is -0.497 e. The summed E-state index contributed by atoms with van der Waals surface area (Å²) in [6.07, 6.45) is 0.935. The maximum absolute atomic E-state index is 10.5. The second-order valence-electron chi connectivity index (χ2n) is 4.93. The molecule has 1 unspecified atom stereocenters. The Morgan fingerprint density at radius 3 is 3.15 bits per heavy atom. The molecular weight excluding hydrogens is 258 g/mol. The van der Waals surface area contributed by atoms with E-state index in [1.165, 1.54) is 0 Å². The van der Waals surface area contributed by atoms with E-state index >= 15 is 0 Å². The number of carboxylic acids is 1. The fraction of sp³-hybridized carbons (Fsp3) is 0.533. The van der Waals surface area contributed by atoms with Gasteiger partial charge in [-0.15, -0.1) is 0 Å². The van der Waals surface area contributed by atoms with Gasteiger partial charge < -0.3 is 14.6 Å². The van der Waals surface area contributed by atoms with E-state index in [2.05, 4.69) is 4.90 Å². The van der Waals surface area contributed by atoms with Crippen LogP contribution in [0.1, 0.15) is 24.5 Å². The molecule has 5 heteroatoms. The summed E-state index contributed by atoms with van der Waals surface area (Å²) in [5.74, 6) is 0.0942. The summed E-state index contributed by atoms with van der Waals surface area (Å²) in [7, 11) is 1.65. The van der Waals surface area contributed by atoms with E-state index in [0.29, 0.717) is 13.0 Å². The first-order chi connectivity index (χ1) is 9.69. The van der Waals surface area contributed by atoms with Gasteiger partial charge in [0.15, 0.2) is 0 Å². The Kier molecular flexibility index (Phi) is 5.38. The first kappa shape index (κ1) is 14.8. The smallest absolute Gasteiger partial charge is 0.303 e. The predicted octanol–water partition coefficient (Wildman–Crippen LogP) is 1.93. The highest BCUT2D eigenvalue weighted by Crippen LogP contribution is 2.25. The number of nitrogens with zero attached hydrogens (tertiary/aromatic N) is 1. The van der Waals surface area contributed by atoms with Gasteiger partial charge in [0.2, 0.25) is 0 Å². The number of benzene rings is 1. The molecule has 1 aromatic carbocycles. The molecule has 0 bridgehead atoms. The largest absolute Gasteiger partial charge is 0.497 e. The van der Waals surface area contributed by atoms with Gasteiger partial charge in [-0.3, -0.25) is 9.69 Å². The van der Waals surface area contributed by atoms with E-state index in [-0.39, 0.29) is 12.5 Å². The third-order valence-corrected chi connectivity index (χ3v) is 3.48. The van der Waals surface area contributed by atoms with Crippen molar-refractivity contribution in [2.24, 2.45) is 0 Å². The molecule has 0 aliphatic carbocycles. The number of morpholine rings is 1. The molecule has 0 aromatic heterocycles. The van der Waals surface area contributed by atoms with Crippen LogP contribution < -0.4 is 4.74 Å². The second-order valence-corrected chi connectivity index (χ2v) is 4.93. The van der Waals surface area contributed by atoms with Crippen LogP contribution in [0.25, 0.3) is 0 Å². The molecule has 0 radical (unpaired) electrons. The van der Waals surface area contributed by atoms with Crippen molar-refractivity contribution in [1.29, 1.82) is 0 Å². The van der Waals surface area contributed by atoms with Gasteiger partial charge in [0, 0.05) is 19.5 Å². The number of aliphatic carboxylic acids is 1. The van der Waals surface area contributed by atoms with E-state index in [9.17, 15) is 4.79 Å². The molecule has 1 aliphatic heterocycles. The van der Waals surface area contributed by atoms with Crippen LogP contribution in [0.2, 0.25) is 0 Å². The first-order valence-corrected chi connectivity index (χ1v) is 6.89. The van der Waals surface area contributed by atoms with Crippen molar-refractivity contribution in [2.45, 2.75) is 18.9 Å². The van der Waals surface area contributed by atoms with E-state index in [4.69, 9.17) is 14.6 Å². The lowest BCUT2D eigenvalue weighted by molar-refractivity contribution is -0.137. The molecule has 1 fully saturated rings. The maximum Gasteiger partial charge on any atom is 0.303 e. The van der Waals surface area contributed by atoms with Crippen LogP contribution in [0.4, 0.5) is 0 Å². The third-order valence-electron chi connectivity index (χ3n) is 3.48. The van der Waals surface area contributed by atoms with E-state index in [1.54, 1.807) is 7.11 Å². The zero-order chi connectivity index (χ0) is 14.4. The number of carboxylic acid groups (broad SMARTS) is 1. The average molecular weight is 279 g/mol. The molecule has 0 amide bonds. The maximum atomic E-state index is 10.5. The summed E-state index contributed by atoms with van der Waals surface area (Å²) < 4.78 is 11.0. The van der Waals surface area contributed by atoms with Crippen molar-refractivity contribution >= 4 is 5.97 Å². The molecule has 1 heterocycles. The van der Waals surface area contributed by atoms with Crippen molar-refractivity contribution < 1.29 is 19.4 Å². The Labute approximate surface area is 119 Å². The lowest BCUT2D eigenvalue weighted by atomic mass is 10.1. The summed E-state index contributed by atoms with van der Waals surface area (Å²) in [5.41, 5.74) is 1.10. The Balaban J connectivity index is 1.90. The van der Waals surface area contributed by atoms with Crippen molar-refractivity contribution in [3.8, 4) is 5.75 Å². The van der Waals surface area contributed by atoms with Gasteiger partial charge in [-0.05, 0) is 30.7 Å². The first-order valence-electron chi connectivity index (χ1n) is 6.89. The molecule has 1 saturated heterocycles. The van der Waals surface area contributed by atoms with Gasteiger partial charge in [-0.2, -0.15) is 0 Å². The van der Waals surface area contributed by atoms with E-state index in [0.717, 1.165) is 30.9 Å². The van der Waals surface area contributed by atoms with Gasteiger partial charge in [-0.25, -0.2) is 0 Å². The summed E-state index contributed by atoms with van der Waals surface area (Å²) >= 11 is 0. The van der Waals surface area contributed by atoms with Gasteiger partial charge >= 0.3 is 5.97 Å². The molecule has 110 valence electrons. The van der Waals surface area contributed by atoms with Gasteiger partial charge in [0.1, 0.15) is 5.75 Å². The van der Waals surface area contributed by atoms with E-state index < -0.39 is 5.97 Å². The van der Waals surface area contributed by atoms with Crippen LogP contribution in [0.3, 0.4) is 0 Å². The van der Waals surface area contributed by atoms with Crippen LogP contribution in [0, 0.1) is 0 Å². The summed E-state index contributed by atoms with van der Waals surface area (Å²) in [6.45, 7) is 3.14. The molecule has 0 saturated carbocycles. The lowest BCUT2D eigenvalue weighted by Gasteiger charge is -2.33. The minimum absolute atomic E-state index is 0.0312. The normalized spacial score (nSPS) is 19.8. The SMILES string of the molecule is COc1cccc(C2CN(CCCC(=O)O)CCO2)c1. The highest BCUT2D eigenvalue weighted by molar-refractivity contribution is 5.66.